The quantitative estimate of drug-likeness (QED) is 0.366. The molecule has 0 unspecified atom stereocenters. The van der Waals surface area contributed by atoms with E-state index in [4.69, 9.17) is 10.1 Å². The molecule has 3 aromatic heterocycles. The molecule has 0 radical (unpaired) electrons. The maximum absolute atomic E-state index is 13.9. The zero-order valence-corrected chi connectivity index (χ0v) is 18.9. The number of aromatic nitrogens is 4. The highest BCUT2D eigenvalue weighted by molar-refractivity contribution is 7.15. The molecule has 1 atom stereocenters. The lowest BCUT2D eigenvalue weighted by molar-refractivity contribution is 0.0715. The molecule has 7 heteroatoms. The summed E-state index contributed by atoms with van der Waals surface area (Å²) in [7, 11) is 0. The van der Waals surface area contributed by atoms with Crippen molar-refractivity contribution in [3.8, 4) is 22.5 Å². The normalized spacial score (nSPS) is 16.0. The fraction of sp³-hybridized carbons (Fsp3) is 0.192. The van der Waals surface area contributed by atoms with Crippen LogP contribution in [0.15, 0.2) is 84.5 Å². The van der Waals surface area contributed by atoms with Crippen molar-refractivity contribution in [1.29, 1.82) is 0 Å². The topological polar surface area (TPSA) is 55.4 Å². The van der Waals surface area contributed by atoms with Gasteiger partial charge in [0, 0.05) is 35.4 Å². The first-order chi connectivity index (χ1) is 16.3. The van der Waals surface area contributed by atoms with Gasteiger partial charge in [0.25, 0.3) is 5.91 Å². The van der Waals surface area contributed by atoms with Crippen LogP contribution in [0.3, 0.4) is 0 Å². The Kier molecular flexibility index (Phi) is 5.03. The van der Waals surface area contributed by atoms with E-state index in [0.717, 1.165) is 46.9 Å². The SMILES string of the molecule is O=C(c1c(-c2ccccc2)nc2sccn12)N1CCC[C@H]1Cn1ccc(-c2ccccc2)n1. The molecule has 1 aliphatic rings. The van der Waals surface area contributed by atoms with Gasteiger partial charge in [0.1, 0.15) is 11.4 Å². The Morgan fingerprint density at radius 1 is 0.970 bits per heavy atom. The summed E-state index contributed by atoms with van der Waals surface area (Å²) < 4.78 is 3.90. The van der Waals surface area contributed by atoms with Crippen molar-refractivity contribution < 1.29 is 4.79 Å². The molecule has 0 spiro atoms. The van der Waals surface area contributed by atoms with Crippen LogP contribution in [0.4, 0.5) is 0 Å². The van der Waals surface area contributed by atoms with Crippen LogP contribution in [0.5, 0.6) is 0 Å². The monoisotopic (exact) mass is 453 g/mol. The summed E-state index contributed by atoms with van der Waals surface area (Å²) in [6.45, 7) is 1.44. The molecule has 1 aliphatic heterocycles. The lowest BCUT2D eigenvalue weighted by Crippen LogP contribution is -2.39. The highest BCUT2D eigenvalue weighted by Gasteiger charge is 2.33. The second-order valence-electron chi connectivity index (χ2n) is 8.31. The minimum atomic E-state index is 0.0395. The largest absolute Gasteiger partial charge is 0.332 e. The number of hydrogen-bond donors (Lipinski definition) is 0. The minimum Gasteiger partial charge on any atom is -0.332 e. The van der Waals surface area contributed by atoms with E-state index in [1.54, 1.807) is 11.3 Å². The van der Waals surface area contributed by atoms with E-state index >= 15 is 0 Å². The molecule has 5 aromatic rings. The molecule has 0 saturated carbocycles. The van der Waals surface area contributed by atoms with Crippen molar-refractivity contribution in [1.82, 2.24) is 24.1 Å². The van der Waals surface area contributed by atoms with Crippen molar-refractivity contribution in [2.75, 3.05) is 6.54 Å². The first kappa shape index (κ1) is 19.9. The summed E-state index contributed by atoms with van der Waals surface area (Å²) >= 11 is 1.55. The van der Waals surface area contributed by atoms with Crippen LogP contribution in [-0.2, 0) is 6.54 Å². The molecular formula is C26H23N5OS. The number of amides is 1. The van der Waals surface area contributed by atoms with Gasteiger partial charge in [-0.25, -0.2) is 4.98 Å². The molecule has 1 fully saturated rings. The molecule has 1 amide bonds. The second-order valence-corrected chi connectivity index (χ2v) is 9.19. The number of hydrogen-bond acceptors (Lipinski definition) is 4. The Balaban J connectivity index is 1.30. The van der Waals surface area contributed by atoms with Gasteiger partial charge >= 0.3 is 0 Å². The average molecular weight is 454 g/mol. The highest BCUT2D eigenvalue weighted by atomic mass is 32.1. The van der Waals surface area contributed by atoms with Crippen molar-refractivity contribution in [3.63, 3.8) is 0 Å². The molecule has 33 heavy (non-hydrogen) atoms. The molecule has 0 aliphatic carbocycles. The van der Waals surface area contributed by atoms with Gasteiger partial charge in [0.05, 0.1) is 18.3 Å². The van der Waals surface area contributed by atoms with Crippen molar-refractivity contribution >= 4 is 22.2 Å². The van der Waals surface area contributed by atoms with Crippen molar-refractivity contribution in [2.45, 2.75) is 25.4 Å². The maximum atomic E-state index is 13.9. The smallest absolute Gasteiger partial charge is 0.273 e. The lowest BCUT2D eigenvalue weighted by Gasteiger charge is -2.25. The number of nitrogens with zero attached hydrogens (tertiary/aromatic N) is 5. The molecule has 4 heterocycles. The second kappa shape index (κ2) is 8.33. The third-order valence-corrected chi connectivity index (χ3v) is 7.01. The first-order valence-corrected chi connectivity index (χ1v) is 12.1. The van der Waals surface area contributed by atoms with Gasteiger partial charge in [-0.05, 0) is 18.9 Å². The Labute approximate surface area is 195 Å². The van der Waals surface area contributed by atoms with Gasteiger partial charge in [-0.1, -0.05) is 60.7 Å². The summed E-state index contributed by atoms with van der Waals surface area (Å²) in [6, 6.07) is 22.3. The molecule has 6 nitrogen and oxygen atoms in total. The Bertz CT molecular complexity index is 1400. The maximum Gasteiger partial charge on any atom is 0.273 e. The number of fused-ring (bicyclic) bond motifs is 1. The van der Waals surface area contributed by atoms with E-state index in [0.29, 0.717) is 12.2 Å². The standard InChI is InChI=1S/C26H23N5OS/c32-25(24-23(20-10-5-2-6-11-20)27-26-31(24)16-17-33-26)30-14-7-12-21(30)18-29-15-13-22(28-29)19-8-3-1-4-9-19/h1-6,8-11,13,15-17,21H,7,12,14,18H2/t21-/m0/s1. The number of benzene rings is 2. The van der Waals surface area contributed by atoms with Crippen molar-refractivity contribution in [2.24, 2.45) is 0 Å². The van der Waals surface area contributed by atoms with Crippen molar-refractivity contribution in [3.05, 3.63) is 90.2 Å². The van der Waals surface area contributed by atoms with E-state index in [2.05, 4.69) is 12.1 Å². The number of imidazole rings is 1. The van der Waals surface area contributed by atoms with E-state index < -0.39 is 0 Å². The summed E-state index contributed by atoms with van der Waals surface area (Å²) in [5.41, 5.74) is 4.42. The van der Waals surface area contributed by atoms with Gasteiger partial charge in [0.2, 0.25) is 0 Å². The molecular weight excluding hydrogens is 430 g/mol. The number of likely N-dealkylation sites (tertiary alicyclic amines) is 1. The first-order valence-electron chi connectivity index (χ1n) is 11.2. The third kappa shape index (κ3) is 3.64. The zero-order valence-electron chi connectivity index (χ0n) is 18.0. The van der Waals surface area contributed by atoms with Gasteiger partial charge in [-0.3, -0.25) is 13.9 Å². The number of carbonyl (C=O) groups is 1. The summed E-state index contributed by atoms with van der Waals surface area (Å²) in [4.78, 5) is 21.5. The molecule has 6 rings (SSSR count). The number of carbonyl (C=O) groups excluding carboxylic acids is 1. The van der Waals surface area contributed by atoms with Gasteiger partial charge < -0.3 is 4.90 Å². The van der Waals surface area contributed by atoms with Gasteiger partial charge in [0.15, 0.2) is 4.96 Å². The van der Waals surface area contributed by atoms with Gasteiger partial charge in [-0.2, -0.15) is 5.10 Å². The number of thiazole rings is 1. The molecule has 1 saturated heterocycles. The fourth-order valence-corrected chi connectivity index (χ4v) is 5.37. The molecule has 164 valence electrons. The third-order valence-electron chi connectivity index (χ3n) is 6.26. The van der Waals surface area contributed by atoms with Crippen LogP contribution >= 0.6 is 11.3 Å². The predicted molar refractivity (Wildman–Crippen MR) is 130 cm³/mol. The van der Waals surface area contributed by atoms with Crippen LogP contribution < -0.4 is 0 Å². The Morgan fingerprint density at radius 2 is 1.73 bits per heavy atom. The minimum absolute atomic E-state index is 0.0395. The molecule has 0 bridgehead atoms. The number of rotatable bonds is 5. The summed E-state index contributed by atoms with van der Waals surface area (Å²) in [5.74, 6) is 0.0395. The van der Waals surface area contributed by atoms with Crippen LogP contribution in [0.2, 0.25) is 0 Å². The van der Waals surface area contributed by atoms with Gasteiger partial charge in [-0.15, -0.1) is 11.3 Å². The summed E-state index contributed by atoms with van der Waals surface area (Å²) in [5, 5.41) is 6.75. The molecule has 2 aromatic carbocycles. The van der Waals surface area contributed by atoms with E-state index in [9.17, 15) is 4.79 Å². The van der Waals surface area contributed by atoms with Crippen LogP contribution in [0, 0.1) is 0 Å². The van der Waals surface area contributed by atoms with Crippen LogP contribution in [0.1, 0.15) is 23.3 Å². The van der Waals surface area contributed by atoms with E-state index in [-0.39, 0.29) is 11.9 Å². The van der Waals surface area contributed by atoms with Crippen LogP contribution in [0.25, 0.3) is 27.5 Å². The van der Waals surface area contributed by atoms with E-state index in [1.807, 2.05) is 86.4 Å². The summed E-state index contributed by atoms with van der Waals surface area (Å²) in [6.07, 6.45) is 5.92. The predicted octanol–water partition coefficient (Wildman–Crippen LogP) is 5.23. The average Bonchev–Trinajstić information content (AvgIpc) is 3.64. The Morgan fingerprint density at radius 3 is 2.52 bits per heavy atom. The molecule has 0 N–H and O–H groups in total. The van der Waals surface area contributed by atoms with E-state index in [1.165, 1.54) is 0 Å². The fourth-order valence-electron chi connectivity index (χ4n) is 4.66. The Hall–Kier alpha value is -3.71. The van der Waals surface area contributed by atoms with Crippen LogP contribution in [-0.4, -0.2) is 42.6 Å². The lowest BCUT2D eigenvalue weighted by atomic mass is 10.1. The zero-order chi connectivity index (χ0) is 22.2. The highest BCUT2D eigenvalue weighted by Crippen LogP contribution is 2.30.